The number of hydrogen-bond donors (Lipinski definition) is 2. The van der Waals surface area contributed by atoms with Gasteiger partial charge in [0.1, 0.15) is 9.84 Å². The fourth-order valence-corrected chi connectivity index (χ4v) is 1.97. The second kappa shape index (κ2) is 4.77. The average Bonchev–Trinajstić information content (AvgIpc) is 2.28. The van der Waals surface area contributed by atoms with Crippen LogP contribution in [-0.2, 0) is 9.84 Å². The largest absolute Gasteiger partial charge is 0.381 e. The van der Waals surface area contributed by atoms with Crippen LogP contribution in [0.5, 0.6) is 0 Å². The third-order valence-corrected chi connectivity index (χ3v) is 3.31. The third-order valence-electron chi connectivity index (χ3n) is 2.36. The molecule has 0 fully saturated rings. The molecular formula is C11H14N4O2S. The molecule has 6 nitrogen and oxygen atoms in total. The van der Waals surface area contributed by atoms with Gasteiger partial charge in [0.05, 0.1) is 16.8 Å². The van der Waals surface area contributed by atoms with E-state index in [1.807, 2.05) is 24.3 Å². The SMILES string of the molecule is CS(=O)(=O)CCNc1nc2ccccc2nc1N. The van der Waals surface area contributed by atoms with E-state index in [4.69, 9.17) is 5.73 Å². The molecule has 0 saturated heterocycles. The van der Waals surface area contributed by atoms with Crippen LogP contribution >= 0.6 is 0 Å². The molecule has 0 aliphatic heterocycles. The summed E-state index contributed by atoms with van der Waals surface area (Å²) in [6.45, 7) is 0.260. The molecule has 0 amide bonds. The predicted molar refractivity (Wildman–Crippen MR) is 72.2 cm³/mol. The summed E-state index contributed by atoms with van der Waals surface area (Å²) in [5.41, 5.74) is 7.18. The lowest BCUT2D eigenvalue weighted by molar-refractivity contribution is 0.602. The second-order valence-electron chi connectivity index (χ2n) is 4.00. The summed E-state index contributed by atoms with van der Waals surface area (Å²) in [5, 5.41) is 2.88. The summed E-state index contributed by atoms with van der Waals surface area (Å²) in [7, 11) is -3.00. The number of hydrogen-bond acceptors (Lipinski definition) is 6. The van der Waals surface area contributed by atoms with E-state index >= 15 is 0 Å². The molecule has 0 bridgehead atoms. The monoisotopic (exact) mass is 266 g/mol. The molecule has 0 radical (unpaired) electrons. The molecule has 0 atom stereocenters. The first-order chi connectivity index (χ1) is 8.46. The van der Waals surface area contributed by atoms with Crippen LogP contribution in [-0.4, -0.2) is 36.9 Å². The number of nitrogen functional groups attached to an aromatic ring is 1. The maximum absolute atomic E-state index is 11.0. The Kier molecular flexibility index (Phi) is 3.33. The van der Waals surface area contributed by atoms with Crippen molar-refractivity contribution < 1.29 is 8.42 Å². The molecule has 7 heteroatoms. The minimum absolute atomic E-state index is 0.0287. The van der Waals surface area contributed by atoms with Gasteiger partial charge in [0.25, 0.3) is 0 Å². The molecule has 0 aliphatic rings. The van der Waals surface area contributed by atoms with Crippen molar-refractivity contribution in [2.24, 2.45) is 0 Å². The molecule has 1 heterocycles. The molecule has 2 rings (SSSR count). The van der Waals surface area contributed by atoms with Gasteiger partial charge in [-0.25, -0.2) is 18.4 Å². The molecule has 2 aromatic rings. The van der Waals surface area contributed by atoms with Gasteiger partial charge in [0.2, 0.25) is 0 Å². The maximum Gasteiger partial charge on any atom is 0.169 e. The first kappa shape index (κ1) is 12.6. The van der Waals surface area contributed by atoms with Crippen LogP contribution in [0.3, 0.4) is 0 Å². The van der Waals surface area contributed by atoms with Crippen molar-refractivity contribution in [1.29, 1.82) is 0 Å². The fourth-order valence-electron chi connectivity index (χ4n) is 1.50. The van der Waals surface area contributed by atoms with E-state index < -0.39 is 9.84 Å². The van der Waals surface area contributed by atoms with Crippen LogP contribution in [0.2, 0.25) is 0 Å². The summed E-state index contributed by atoms with van der Waals surface area (Å²) >= 11 is 0. The van der Waals surface area contributed by atoms with Crippen LogP contribution in [0.4, 0.5) is 11.6 Å². The molecule has 0 saturated carbocycles. The van der Waals surface area contributed by atoms with Gasteiger partial charge in [-0.3, -0.25) is 0 Å². The summed E-state index contributed by atoms with van der Waals surface area (Å²) < 4.78 is 22.0. The van der Waals surface area contributed by atoms with Crippen LogP contribution in [0.15, 0.2) is 24.3 Å². The highest BCUT2D eigenvalue weighted by Gasteiger charge is 2.06. The fraction of sp³-hybridized carbons (Fsp3) is 0.273. The molecule has 0 aliphatic carbocycles. The normalized spacial score (nSPS) is 11.6. The van der Waals surface area contributed by atoms with Crippen molar-refractivity contribution in [2.45, 2.75) is 0 Å². The first-order valence-corrected chi connectivity index (χ1v) is 7.45. The zero-order chi connectivity index (χ0) is 13.2. The van der Waals surface area contributed by atoms with Gasteiger partial charge in [-0.2, -0.15) is 0 Å². The number of para-hydroxylation sites is 2. The Morgan fingerprint density at radius 3 is 2.44 bits per heavy atom. The molecule has 1 aromatic carbocycles. The van der Waals surface area contributed by atoms with E-state index in [9.17, 15) is 8.42 Å². The summed E-state index contributed by atoms with van der Waals surface area (Å²) in [6, 6.07) is 7.35. The van der Waals surface area contributed by atoms with E-state index in [1.165, 1.54) is 6.26 Å². The Morgan fingerprint density at radius 1 is 1.22 bits per heavy atom. The minimum atomic E-state index is -3.00. The number of nitrogens with zero attached hydrogens (tertiary/aromatic N) is 2. The zero-order valence-electron chi connectivity index (χ0n) is 9.92. The highest BCUT2D eigenvalue weighted by Crippen LogP contribution is 2.17. The quantitative estimate of drug-likeness (QED) is 0.844. The third kappa shape index (κ3) is 3.07. The van der Waals surface area contributed by atoms with Gasteiger partial charge in [0.15, 0.2) is 11.6 Å². The van der Waals surface area contributed by atoms with Gasteiger partial charge < -0.3 is 11.1 Å². The van der Waals surface area contributed by atoms with Crippen molar-refractivity contribution in [3.8, 4) is 0 Å². The van der Waals surface area contributed by atoms with Gasteiger partial charge >= 0.3 is 0 Å². The number of rotatable bonds is 4. The maximum atomic E-state index is 11.0. The Bertz CT molecular complexity index is 670. The van der Waals surface area contributed by atoms with E-state index in [1.54, 1.807) is 0 Å². The van der Waals surface area contributed by atoms with E-state index in [-0.39, 0.29) is 18.1 Å². The number of anilines is 2. The molecular weight excluding hydrogens is 252 g/mol. The van der Waals surface area contributed by atoms with Gasteiger partial charge in [-0.15, -0.1) is 0 Å². The number of fused-ring (bicyclic) bond motifs is 1. The lowest BCUT2D eigenvalue weighted by Crippen LogP contribution is -2.16. The summed E-state index contributed by atoms with van der Waals surface area (Å²) in [4.78, 5) is 8.49. The Hall–Kier alpha value is -1.89. The summed E-state index contributed by atoms with van der Waals surface area (Å²) in [6.07, 6.45) is 1.18. The van der Waals surface area contributed by atoms with Gasteiger partial charge in [0, 0.05) is 12.8 Å². The highest BCUT2D eigenvalue weighted by atomic mass is 32.2. The van der Waals surface area contributed by atoms with Crippen molar-refractivity contribution >= 4 is 32.5 Å². The van der Waals surface area contributed by atoms with Crippen LogP contribution < -0.4 is 11.1 Å². The highest BCUT2D eigenvalue weighted by molar-refractivity contribution is 7.90. The molecule has 0 spiro atoms. The number of sulfone groups is 1. The van der Waals surface area contributed by atoms with Crippen molar-refractivity contribution in [3.63, 3.8) is 0 Å². The van der Waals surface area contributed by atoms with Gasteiger partial charge in [-0.1, -0.05) is 12.1 Å². The Morgan fingerprint density at radius 2 is 1.83 bits per heavy atom. The van der Waals surface area contributed by atoms with Crippen molar-refractivity contribution in [3.05, 3.63) is 24.3 Å². The molecule has 0 unspecified atom stereocenters. The molecule has 96 valence electrons. The van der Waals surface area contributed by atoms with E-state index in [2.05, 4.69) is 15.3 Å². The Balaban J connectivity index is 2.20. The topological polar surface area (TPSA) is 98.0 Å². The van der Waals surface area contributed by atoms with Gasteiger partial charge in [-0.05, 0) is 12.1 Å². The summed E-state index contributed by atoms with van der Waals surface area (Å²) in [5.74, 6) is 0.709. The first-order valence-electron chi connectivity index (χ1n) is 5.39. The molecule has 18 heavy (non-hydrogen) atoms. The number of aromatic nitrogens is 2. The Labute approximate surface area is 105 Å². The molecule has 1 aromatic heterocycles. The van der Waals surface area contributed by atoms with Crippen LogP contribution in [0.1, 0.15) is 0 Å². The van der Waals surface area contributed by atoms with E-state index in [0.29, 0.717) is 16.9 Å². The minimum Gasteiger partial charge on any atom is -0.381 e. The predicted octanol–water partition coefficient (Wildman–Crippen LogP) is 0.668. The lowest BCUT2D eigenvalue weighted by atomic mass is 10.3. The van der Waals surface area contributed by atoms with E-state index in [0.717, 1.165) is 0 Å². The smallest absolute Gasteiger partial charge is 0.169 e. The standard InChI is InChI=1S/C11H14N4O2S/c1-18(16,17)7-6-13-11-10(12)14-8-4-2-3-5-9(8)15-11/h2-5H,6-7H2,1H3,(H2,12,14)(H,13,15). The number of nitrogens with two attached hydrogens (primary N) is 1. The number of benzene rings is 1. The lowest BCUT2D eigenvalue weighted by Gasteiger charge is -2.08. The van der Waals surface area contributed by atoms with Crippen LogP contribution in [0.25, 0.3) is 11.0 Å². The zero-order valence-corrected chi connectivity index (χ0v) is 10.7. The second-order valence-corrected chi connectivity index (χ2v) is 6.26. The van der Waals surface area contributed by atoms with Crippen molar-refractivity contribution in [2.75, 3.05) is 29.6 Å². The average molecular weight is 266 g/mol. The van der Waals surface area contributed by atoms with Crippen LogP contribution in [0, 0.1) is 0 Å². The van der Waals surface area contributed by atoms with Crippen molar-refractivity contribution in [1.82, 2.24) is 9.97 Å². The number of nitrogens with one attached hydrogen (secondary N) is 1. The molecule has 3 N–H and O–H groups in total.